The normalized spacial score (nSPS) is 11.5. The lowest BCUT2D eigenvalue weighted by atomic mass is 10.1. The number of nitrogens with two attached hydrogens (primary N) is 1. The molecule has 0 radical (unpaired) electrons. The highest BCUT2D eigenvalue weighted by Crippen LogP contribution is 2.23. The third kappa shape index (κ3) is 5.03. The number of nitrogens with one attached hydrogen (secondary N) is 1. The second-order valence-electron chi connectivity index (χ2n) is 5.76. The van der Waals surface area contributed by atoms with E-state index in [9.17, 15) is 9.59 Å². The average Bonchev–Trinajstić information content (AvgIpc) is 2.62. The summed E-state index contributed by atoms with van der Waals surface area (Å²) in [5, 5.41) is 8.67. The lowest BCUT2D eigenvalue weighted by molar-refractivity contribution is -0.130. The molecule has 0 aromatic heterocycles. The van der Waals surface area contributed by atoms with Gasteiger partial charge in [0, 0.05) is 19.7 Å². The van der Waals surface area contributed by atoms with Crippen LogP contribution in [0.3, 0.4) is 0 Å². The first-order valence-electron chi connectivity index (χ1n) is 7.68. The van der Waals surface area contributed by atoms with E-state index in [0.717, 1.165) is 5.56 Å². The number of hydroxylamine groups is 1. The maximum absolute atomic E-state index is 11.8. The van der Waals surface area contributed by atoms with Gasteiger partial charge in [-0.25, -0.2) is 5.48 Å². The predicted octanol–water partition coefficient (Wildman–Crippen LogP) is 1.56. The van der Waals surface area contributed by atoms with Gasteiger partial charge in [0.05, 0.1) is 6.04 Å². The van der Waals surface area contributed by atoms with Crippen LogP contribution < -0.4 is 16.0 Å². The van der Waals surface area contributed by atoms with Crippen molar-refractivity contribution >= 4 is 11.8 Å². The van der Waals surface area contributed by atoms with Gasteiger partial charge in [-0.3, -0.25) is 14.8 Å². The number of carbonyl (C=O) groups is 2. The molecule has 25 heavy (non-hydrogen) atoms. The Morgan fingerprint density at radius 1 is 1.16 bits per heavy atom. The van der Waals surface area contributed by atoms with Crippen molar-refractivity contribution in [3.63, 3.8) is 0 Å². The molecular formula is C18H21N3O4. The molecule has 7 nitrogen and oxygen atoms in total. The molecule has 0 aliphatic rings. The first kappa shape index (κ1) is 18.4. The Morgan fingerprint density at radius 3 is 2.44 bits per heavy atom. The van der Waals surface area contributed by atoms with Crippen molar-refractivity contribution in [3.8, 4) is 11.5 Å². The minimum absolute atomic E-state index is 0.126. The van der Waals surface area contributed by atoms with Crippen molar-refractivity contribution in [1.29, 1.82) is 0 Å². The van der Waals surface area contributed by atoms with Crippen LogP contribution in [0.5, 0.6) is 11.5 Å². The standard InChI is InChI=1S/C18H21N3O4/c1-21(2)18(23)16(19)10-12-6-8-14(9-7-12)25-15-5-3-4-13(11-15)17(22)20-24/h3-9,11,16,24H,10,19H2,1-2H3,(H,20,22). The Morgan fingerprint density at radius 2 is 1.84 bits per heavy atom. The number of ether oxygens (including phenoxy) is 1. The first-order valence-corrected chi connectivity index (χ1v) is 7.68. The van der Waals surface area contributed by atoms with E-state index >= 15 is 0 Å². The highest BCUT2D eigenvalue weighted by molar-refractivity contribution is 5.93. The highest BCUT2D eigenvalue weighted by atomic mass is 16.5. The Labute approximate surface area is 146 Å². The SMILES string of the molecule is CN(C)C(=O)C(N)Cc1ccc(Oc2cccc(C(=O)NO)c2)cc1. The van der Waals surface area contributed by atoms with Crippen LogP contribution >= 0.6 is 0 Å². The van der Waals surface area contributed by atoms with Gasteiger partial charge in [-0.1, -0.05) is 18.2 Å². The molecule has 1 unspecified atom stereocenters. The summed E-state index contributed by atoms with van der Waals surface area (Å²) >= 11 is 0. The number of hydrogen-bond donors (Lipinski definition) is 3. The predicted molar refractivity (Wildman–Crippen MR) is 92.6 cm³/mol. The zero-order chi connectivity index (χ0) is 18.4. The third-order valence-electron chi connectivity index (χ3n) is 3.57. The Hall–Kier alpha value is -2.90. The summed E-state index contributed by atoms with van der Waals surface area (Å²) in [5.41, 5.74) is 8.67. The van der Waals surface area contributed by atoms with Crippen molar-refractivity contribution in [2.75, 3.05) is 14.1 Å². The van der Waals surface area contributed by atoms with Crippen molar-refractivity contribution in [2.45, 2.75) is 12.5 Å². The van der Waals surface area contributed by atoms with Crippen molar-refractivity contribution in [2.24, 2.45) is 5.73 Å². The topological polar surface area (TPSA) is 105 Å². The molecule has 1 atom stereocenters. The summed E-state index contributed by atoms with van der Waals surface area (Å²) in [6, 6.07) is 13.0. The summed E-state index contributed by atoms with van der Waals surface area (Å²) in [6.45, 7) is 0. The van der Waals surface area contributed by atoms with Gasteiger partial charge in [0.2, 0.25) is 5.91 Å². The van der Waals surface area contributed by atoms with Crippen LogP contribution in [0.4, 0.5) is 0 Å². The fourth-order valence-electron chi connectivity index (χ4n) is 2.27. The number of benzene rings is 2. The average molecular weight is 343 g/mol. The zero-order valence-corrected chi connectivity index (χ0v) is 14.1. The maximum atomic E-state index is 11.8. The van der Waals surface area contributed by atoms with Crippen molar-refractivity contribution in [1.82, 2.24) is 10.4 Å². The number of rotatable bonds is 6. The second kappa shape index (κ2) is 8.27. The van der Waals surface area contributed by atoms with E-state index in [0.29, 0.717) is 17.9 Å². The molecule has 132 valence electrons. The van der Waals surface area contributed by atoms with Gasteiger partial charge in [0.15, 0.2) is 0 Å². The Balaban J connectivity index is 2.03. The summed E-state index contributed by atoms with van der Waals surface area (Å²) < 4.78 is 5.69. The van der Waals surface area contributed by atoms with Gasteiger partial charge in [-0.15, -0.1) is 0 Å². The molecule has 2 aromatic carbocycles. The number of nitrogens with zero attached hydrogens (tertiary/aromatic N) is 1. The van der Waals surface area contributed by atoms with E-state index in [1.807, 2.05) is 12.1 Å². The molecule has 2 aromatic rings. The fraction of sp³-hybridized carbons (Fsp3) is 0.222. The number of hydrogen-bond acceptors (Lipinski definition) is 5. The smallest absolute Gasteiger partial charge is 0.274 e. The largest absolute Gasteiger partial charge is 0.457 e. The zero-order valence-electron chi connectivity index (χ0n) is 14.1. The summed E-state index contributed by atoms with van der Waals surface area (Å²) in [6.07, 6.45) is 0.434. The second-order valence-corrected chi connectivity index (χ2v) is 5.76. The molecule has 7 heteroatoms. The van der Waals surface area contributed by atoms with E-state index < -0.39 is 11.9 Å². The minimum Gasteiger partial charge on any atom is -0.457 e. The van der Waals surface area contributed by atoms with Crippen LogP contribution in [0.1, 0.15) is 15.9 Å². The lowest BCUT2D eigenvalue weighted by Gasteiger charge is -2.16. The summed E-state index contributed by atoms with van der Waals surface area (Å²) in [4.78, 5) is 24.7. The first-order chi connectivity index (χ1) is 11.9. The highest BCUT2D eigenvalue weighted by Gasteiger charge is 2.15. The fourth-order valence-corrected chi connectivity index (χ4v) is 2.27. The van der Waals surface area contributed by atoms with Gasteiger partial charge in [-0.05, 0) is 42.3 Å². The van der Waals surface area contributed by atoms with E-state index in [1.54, 1.807) is 49.9 Å². The van der Waals surface area contributed by atoms with E-state index in [1.165, 1.54) is 11.0 Å². The van der Waals surface area contributed by atoms with Crippen LogP contribution in [0.25, 0.3) is 0 Å². The van der Waals surface area contributed by atoms with E-state index in [4.69, 9.17) is 15.7 Å². The number of amides is 2. The molecule has 0 aliphatic carbocycles. The van der Waals surface area contributed by atoms with Gasteiger partial charge >= 0.3 is 0 Å². The maximum Gasteiger partial charge on any atom is 0.274 e. The van der Waals surface area contributed by atoms with Crippen LogP contribution in [-0.2, 0) is 11.2 Å². The van der Waals surface area contributed by atoms with Gasteiger partial charge in [0.25, 0.3) is 5.91 Å². The number of carbonyl (C=O) groups excluding carboxylic acids is 2. The van der Waals surface area contributed by atoms with E-state index in [-0.39, 0.29) is 11.5 Å². The molecule has 2 rings (SSSR count). The van der Waals surface area contributed by atoms with Crippen LogP contribution in [0.15, 0.2) is 48.5 Å². The molecule has 0 spiro atoms. The van der Waals surface area contributed by atoms with Gasteiger partial charge in [0.1, 0.15) is 11.5 Å². The third-order valence-corrected chi connectivity index (χ3v) is 3.57. The quantitative estimate of drug-likeness (QED) is 0.545. The number of likely N-dealkylation sites (N-methyl/N-ethyl adjacent to an activating group) is 1. The van der Waals surface area contributed by atoms with Crippen LogP contribution in [-0.4, -0.2) is 42.1 Å². The van der Waals surface area contributed by atoms with Gasteiger partial charge in [-0.2, -0.15) is 0 Å². The molecule has 0 bridgehead atoms. The summed E-state index contributed by atoms with van der Waals surface area (Å²) in [7, 11) is 3.34. The molecule has 0 saturated heterocycles. The molecule has 2 amide bonds. The van der Waals surface area contributed by atoms with Crippen LogP contribution in [0, 0.1) is 0 Å². The van der Waals surface area contributed by atoms with Gasteiger partial charge < -0.3 is 15.4 Å². The Bertz CT molecular complexity index is 744. The molecule has 4 N–H and O–H groups in total. The van der Waals surface area contributed by atoms with Crippen molar-refractivity contribution in [3.05, 3.63) is 59.7 Å². The Kier molecular flexibility index (Phi) is 6.10. The molecule has 0 aliphatic heterocycles. The van der Waals surface area contributed by atoms with Crippen molar-refractivity contribution < 1.29 is 19.5 Å². The molecule has 0 saturated carbocycles. The van der Waals surface area contributed by atoms with Crippen LogP contribution in [0.2, 0.25) is 0 Å². The molecular weight excluding hydrogens is 322 g/mol. The molecule has 0 fully saturated rings. The lowest BCUT2D eigenvalue weighted by Crippen LogP contribution is -2.41. The molecule has 0 heterocycles. The van der Waals surface area contributed by atoms with E-state index in [2.05, 4.69) is 0 Å². The monoisotopic (exact) mass is 343 g/mol. The summed E-state index contributed by atoms with van der Waals surface area (Å²) in [5.74, 6) is 0.311. The minimum atomic E-state index is -0.611.